The average molecular weight is 297 g/mol. The van der Waals surface area contributed by atoms with Gasteiger partial charge in [-0.05, 0) is 13.3 Å². The number of alkyl carbamates (subject to hydrolysis) is 1. The van der Waals surface area contributed by atoms with Crippen molar-refractivity contribution in [1.29, 1.82) is 0 Å². The molecule has 0 radical (unpaired) electrons. The zero-order chi connectivity index (χ0) is 9.84. The summed E-state index contributed by atoms with van der Waals surface area (Å²) in [7, 11) is 0. The first-order valence-electron chi connectivity index (χ1n) is 4.74. The highest BCUT2D eigenvalue weighted by Gasteiger charge is 2.29. The van der Waals surface area contributed by atoms with Gasteiger partial charge in [0.05, 0.1) is 0 Å². The van der Waals surface area contributed by atoms with Crippen LogP contribution in [0.2, 0.25) is 0 Å². The summed E-state index contributed by atoms with van der Waals surface area (Å²) in [6.07, 6.45) is 3.03. The van der Waals surface area contributed by atoms with Gasteiger partial charge in [-0.15, -0.1) is 0 Å². The number of carbonyl (C=O) groups excluding carboxylic acids is 1. The van der Waals surface area contributed by atoms with Gasteiger partial charge in [-0.3, -0.25) is 0 Å². The van der Waals surface area contributed by atoms with Crippen LogP contribution in [0.5, 0.6) is 0 Å². The molecule has 0 aromatic rings. The van der Waals surface area contributed by atoms with Gasteiger partial charge in [-0.25, -0.2) is 4.79 Å². The van der Waals surface area contributed by atoms with Gasteiger partial charge >= 0.3 is 6.09 Å². The Labute approximate surface area is 92.7 Å². The van der Waals surface area contributed by atoms with Crippen molar-refractivity contribution in [3.05, 3.63) is 0 Å². The van der Waals surface area contributed by atoms with E-state index in [4.69, 9.17) is 4.74 Å². The molecule has 1 amide bonds. The lowest BCUT2D eigenvalue weighted by molar-refractivity contribution is 0.0614. The second-order valence-electron chi connectivity index (χ2n) is 3.53. The maximum absolute atomic E-state index is 11.1. The highest BCUT2D eigenvalue weighted by molar-refractivity contribution is 14.1. The topological polar surface area (TPSA) is 38.3 Å². The summed E-state index contributed by atoms with van der Waals surface area (Å²) in [5.74, 6) is 0. The number of amides is 1. The zero-order valence-corrected chi connectivity index (χ0v) is 10.2. The summed E-state index contributed by atoms with van der Waals surface area (Å²) in [6.45, 7) is 4.17. The molecule has 1 rings (SSSR count). The zero-order valence-electron chi connectivity index (χ0n) is 8.05. The van der Waals surface area contributed by atoms with Crippen molar-refractivity contribution in [2.45, 2.75) is 49.2 Å². The number of carbonyl (C=O) groups is 1. The Hall–Kier alpha value is 0. The van der Waals surface area contributed by atoms with Crippen LogP contribution < -0.4 is 5.32 Å². The lowest BCUT2D eigenvalue weighted by atomic mass is 10.0. The number of alkyl halides is 1. The third kappa shape index (κ3) is 3.32. The molecule has 1 unspecified atom stereocenters. The van der Waals surface area contributed by atoms with Crippen LogP contribution in [0.25, 0.3) is 0 Å². The number of rotatable bonds is 3. The van der Waals surface area contributed by atoms with E-state index in [0.29, 0.717) is 3.92 Å². The van der Waals surface area contributed by atoms with Crippen LogP contribution in [0.1, 0.15) is 33.1 Å². The molecule has 1 aliphatic rings. The van der Waals surface area contributed by atoms with Crippen LogP contribution in [0.15, 0.2) is 0 Å². The highest BCUT2D eigenvalue weighted by Crippen LogP contribution is 2.22. The van der Waals surface area contributed by atoms with Gasteiger partial charge < -0.3 is 10.1 Å². The molecule has 1 heterocycles. The van der Waals surface area contributed by atoms with E-state index in [1.165, 1.54) is 0 Å². The fourth-order valence-electron chi connectivity index (χ4n) is 1.51. The molecule has 4 heteroatoms. The molecule has 76 valence electrons. The molecule has 3 atom stereocenters. The van der Waals surface area contributed by atoms with E-state index in [2.05, 4.69) is 34.8 Å². The minimum Gasteiger partial charge on any atom is -0.445 e. The third-order valence-electron chi connectivity index (χ3n) is 2.18. The van der Waals surface area contributed by atoms with Gasteiger partial charge in [0.1, 0.15) is 6.10 Å². The molecule has 0 aliphatic carbocycles. The Morgan fingerprint density at radius 2 is 2.46 bits per heavy atom. The summed E-state index contributed by atoms with van der Waals surface area (Å²) in [4.78, 5) is 11.1. The Morgan fingerprint density at radius 3 is 3.00 bits per heavy atom. The second-order valence-corrected chi connectivity index (χ2v) is 5.13. The fraction of sp³-hybridized carbons (Fsp3) is 0.889. The monoisotopic (exact) mass is 297 g/mol. The smallest absolute Gasteiger partial charge is 0.407 e. The average Bonchev–Trinajstić information content (AvgIpc) is 2.03. The quantitative estimate of drug-likeness (QED) is 0.642. The van der Waals surface area contributed by atoms with Crippen molar-refractivity contribution in [3.8, 4) is 0 Å². The highest BCUT2D eigenvalue weighted by atomic mass is 127. The first-order valence-corrected chi connectivity index (χ1v) is 5.99. The Bertz CT molecular complexity index is 186. The van der Waals surface area contributed by atoms with E-state index in [9.17, 15) is 4.79 Å². The van der Waals surface area contributed by atoms with Crippen molar-refractivity contribution in [1.82, 2.24) is 5.32 Å². The van der Waals surface area contributed by atoms with Gasteiger partial charge in [-0.2, -0.15) is 0 Å². The van der Waals surface area contributed by atoms with Crippen LogP contribution in [-0.4, -0.2) is 22.2 Å². The molecule has 3 nitrogen and oxygen atoms in total. The molecule has 1 saturated heterocycles. The SMILES string of the molecule is CCC[C@H](I)[C@H]1CC(C)NC(=O)O1. The van der Waals surface area contributed by atoms with E-state index >= 15 is 0 Å². The number of nitrogens with one attached hydrogen (secondary N) is 1. The van der Waals surface area contributed by atoms with Gasteiger partial charge in [0, 0.05) is 16.4 Å². The maximum atomic E-state index is 11.1. The summed E-state index contributed by atoms with van der Waals surface area (Å²) in [5.41, 5.74) is 0. The number of hydrogen-bond donors (Lipinski definition) is 1. The first kappa shape index (κ1) is 11.1. The molecule has 1 aliphatic heterocycles. The number of halogens is 1. The van der Waals surface area contributed by atoms with E-state index in [1.54, 1.807) is 0 Å². The van der Waals surface area contributed by atoms with Crippen LogP contribution in [0.4, 0.5) is 4.79 Å². The molecule has 0 saturated carbocycles. The third-order valence-corrected chi connectivity index (χ3v) is 3.60. The standard InChI is InChI=1S/C9H16INO2/c1-3-4-7(10)8-5-6(2)11-9(12)13-8/h6-8H,3-5H2,1-2H3,(H,11,12)/t6?,7-,8+/m0/s1. The molecular formula is C9H16INO2. The predicted molar refractivity (Wildman–Crippen MR) is 60.2 cm³/mol. The van der Waals surface area contributed by atoms with Gasteiger partial charge in [-0.1, -0.05) is 35.9 Å². The molecule has 0 spiro atoms. The molecule has 1 N–H and O–H groups in total. The largest absolute Gasteiger partial charge is 0.445 e. The normalized spacial score (nSPS) is 30.5. The minimum atomic E-state index is -0.262. The van der Waals surface area contributed by atoms with Crippen molar-refractivity contribution in [2.75, 3.05) is 0 Å². The summed E-state index contributed by atoms with van der Waals surface area (Å²) in [5, 5.41) is 2.74. The van der Waals surface area contributed by atoms with Crippen LogP contribution in [0, 0.1) is 0 Å². The van der Waals surface area contributed by atoms with Crippen molar-refractivity contribution in [2.24, 2.45) is 0 Å². The number of hydrogen-bond acceptors (Lipinski definition) is 2. The Morgan fingerprint density at radius 1 is 1.77 bits per heavy atom. The number of ether oxygens (including phenoxy) is 1. The fourth-order valence-corrected chi connectivity index (χ4v) is 2.57. The Balaban J connectivity index is 2.44. The van der Waals surface area contributed by atoms with E-state index < -0.39 is 0 Å². The van der Waals surface area contributed by atoms with Crippen LogP contribution >= 0.6 is 22.6 Å². The molecule has 0 aromatic heterocycles. The Kier molecular flexibility index (Phi) is 4.28. The predicted octanol–water partition coefficient (Wildman–Crippen LogP) is 2.48. The van der Waals surface area contributed by atoms with Gasteiger partial charge in [0.25, 0.3) is 0 Å². The first-order chi connectivity index (χ1) is 6.13. The summed E-state index contributed by atoms with van der Waals surface area (Å²) >= 11 is 2.38. The molecule has 1 fully saturated rings. The molecule has 0 bridgehead atoms. The minimum absolute atomic E-state index is 0.101. The lowest BCUT2D eigenvalue weighted by Crippen LogP contribution is -2.46. The lowest BCUT2D eigenvalue weighted by Gasteiger charge is -2.30. The summed E-state index contributed by atoms with van der Waals surface area (Å²) in [6, 6.07) is 0.250. The second kappa shape index (κ2) is 5.02. The van der Waals surface area contributed by atoms with Gasteiger partial charge in [0.15, 0.2) is 0 Å². The maximum Gasteiger partial charge on any atom is 0.407 e. The van der Waals surface area contributed by atoms with Crippen LogP contribution in [0.3, 0.4) is 0 Å². The van der Waals surface area contributed by atoms with Crippen molar-refractivity contribution < 1.29 is 9.53 Å². The molecule has 0 aromatic carbocycles. The van der Waals surface area contributed by atoms with Gasteiger partial charge in [0.2, 0.25) is 0 Å². The van der Waals surface area contributed by atoms with Crippen LogP contribution in [-0.2, 0) is 4.74 Å². The van der Waals surface area contributed by atoms with E-state index in [0.717, 1.165) is 19.3 Å². The molecular weight excluding hydrogens is 281 g/mol. The molecule has 13 heavy (non-hydrogen) atoms. The summed E-state index contributed by atoms with van der Waals surface area (Å²) < 4.78 is 5.67. The van der Waals surface area contributed by atoms with E-state index in [-0.39, 0.29) is 18.2 Å². The van der Waals surface area contributed by atoms with E-state index in [1.807, 2.05) is 6.92 Å². The van der Waals surface area contributed by atoms with Crippen molar-refractivity contribution >= 4 is 28.7 Å². The number of cyclic esters (lactones) is 1. The van der Waals surface area contributed by atoms with Crippen molar-refractivity contribution in [3.63, 3.8) is 0 Å².